The summed E-state index contributed by atoms with van der Waals surface area (Å²) in [7, 11) is 2.99. The summed E-state index contributed by atoms with van der Waals surface area (Å²) in [4.78, 5) is 24.8. The molecular formula is C32H39ClN4O7. The minimum absolute atomic E-state index is 0.0620. The molecule has 0 amide bonds. The number of ether oxygens (including phenoxy) is 5. The zero-order valence-corrected chi connectivity index (χ0v) is 26.1. The van der Waals surface area contributed by atoms with Crippen molar-refractivity contribution in [2.24, 2.45) is 0 Å². The second kappa shape index (κ2) is 14.9. The van der Waals surface area contributed by atoms with Crippen LogP contribution in [0.2, 0.25) is 5.02 Å². The topological polar surface area (TPSA) is 116 Å². The monoisotopic (exact) mass is 626 g/mol. The van der Waals surface area contributed by atoms with Crippen molar-refractivity contribution in [2.45, 2.75) is 39.0 Å². The Bertz CT molecular complexity index is 1430. The van der Waals surface area contributed by atoms with Crippen LogP contribution in [0.3, 0.4) is 0 Å². The van der Waals surface area contributed by atoms with Crippen molar-refractivity contribution in [3.63, 3.8) is 0 Å². The van der Waals surface area contributed by atoms with Crippen LogP contribution in [-0.4, -0.2) is 97.1 Å². The van der Waals surface area contributed by atoms with E-state index < -0.39 is 12.0 Å². The second-order valence-electron chi connectivity index (χ2n) is 10.8. The molecule has 2 saturated heterocycles. The number of methoxy groups -OCH3 is 2. The number of aliphatic carboxylic acids is 1. The van der Waals surface area contributed by atoms with Crippen LogP contribution in [0.15, 0.2) is 36.4 Å². The molecule has 1 N–H and O–H groups in total. The van der Waals surface area contributed by atoms with Crippen molar-refractivity contribution < 1.29 is 33.6 Å². The van der Waals surface area contributed by atoms with Crippen LogP contribution in [-0.2, 0) is 22.7 Å². The van der Waals surface area contributed by atoms with Gasteiger partial charge in [0.15, 0.2) is 0 Å². The molecule has 44 heavy (non-hydrogen) atoms. The third-order valence-corrected chi connectivity index (χ3v) is 8.53. The van der Waals surface area contributed by atoms with Crippen LogP contribution in [0.5, 0.6) is 23.5 Å². The van der Waals surface area contributed by atoms with Gasteiger partial charge in [-0.1, -0.05) is 41.9 Å². The lowest BCUT2D eigenvalue weighted by Crippen LogP contribution is -2.38. The highest BCUT2D eigenvalue weighted by atomic mass is 35.5. The van der Waals surface area contributed by atoms with Gasteiger partial charge in [0, 0.05) is 37.3 Å². The first-order chi connectivity index (χ1) is 21.4. The predicted molar refractivity (Wildman–Crippen MR) is 165 cm³/mol. The molecule has 0 radical (unpaired) electrons. The number of carboxylic acids is 1. The molecule has 0 aliphatic carbocycles. The summed E-state index contributed by atoms with van der Waals surface area (Å²) < 4.78 is 28.7. The highest BCUT2D eigenvalue weighted by Gasteiger charge is 2.32. The molecule has 0 saturated carbocycles. The van der Waals surface area contributed by atoms with E-state index in [1.165, 1.54) is 14.2 Å². The Hall–Kier alpha value is -3.64. The van der Waals surface area contributed by atoms with Crippen LogP contribution in [0.25, 0.3) is 11.1 Å². The average Bonchev–Trinajstić information content (AvgIpc) is 3.51. The molecule has 0 spiro atoms. The Morgan fingerprint density at radius 3 is 2.43 bits per heavy atom. The second-order valence-corrected chi connectivity index (χ2v) is 11.1. The van der Waals surface area contributed by atoms with Crippen LogP contribution < -0.4 is 18.9 Å². The number of benzene rings is 2. The van der Waals surface area contributed by atoms with E-state index in [2.05, 4.69) is 14.9 Å². The van der Waals surface area contributed by atoms with Crippen molar-refractivity contribution in [3.05, 3.63) is 58.1 Å². The van der Waals surface area contributed by atoms with Crippen molar-refractivity contribution in [1.29, 1.82) is 0 Å². The SMILES string of the molecule is COc1nc(OCc2cccc(-c3cccc(OCCN4CCOCC4)c3C)c2Cl)nc(OC)c1CN1CCC[C@H]1C(=O)O. The zero-order chi connectivity index (χ0) is 31.1. The van der Waals surface area contributed by atoms with E-state index in [4.69, 9.17) is 35.3 Å². The quantitative estimate of drug-likeness (QED) is 0.290. The summed E-state index contributed by atoms with van der Waals surface area (Å²) in [5, 5.41) is 10.1. The Morgan fingerprint density at radius 2 is 1.73 bits per heavy atom. The van der Waals surface area contributed by atoms with E-state index in [0.29, 0.717) is 30.2 Å². The third-order valence-electron chi connectivity index (χ3n) is 8.09. The highest BCUT2D eigenvalue weighted by molar-refractivity contribution is 6.34. The number of carboxylic acid groups (broad SMARTS) is 1. The van der Waals surface area contributed by atoms with E-state index in [0.717, 1.165) is 67.3 Å². The van der Waals surface area contributed by atoms with E-state index in [1.807, 2.05) is 48.2 Å². The fourth-order valence-corrected chi connectivity index (χ4v) is 5.96. The van der Waals surface area contributed by atoms with Crippen LogP contribution in [0.4, 0.5) is 0 Å². The Labute approximate surface area is 262 Å². The number of nitrogens with zero attached hydrogens (tertiary/aromatic N) is 4. The van der Waals surface area contributed by atoms with Gasteiger partial charge < -0.3 is 28.8 Å². The van der Waals surface area contributed by atoms with Crippen LogP contribution in [0, 0.1) is 6.92 Å². The maximum atomic E-state index is 11.7. The van der Waals surface area contributed by atoms with Crippen molar-refractivity contribution in [2.75, 3.05) is 60.2 Å². The number of hydrogen-bond acceptors (Lipinski definition) is 10. The molecule has 5 rings (SSSR count). The van der Waals surface area contributed by atoms with Gasteiger partial charge in [0.25, 0.3) is 0 Å². The van der Waals surface area contributed by atoms with Gasteiger partial charge >= 0.3 is 12.0 Å². The number of rotatable bonds is 13. The number of halogens is 1. The molecule has 2 aromatic carbocycles. The van der Waals surface area contributed by atoms with Crippen LogP contribution >= 0.6 is 11.6 Å². The van der Waals surface area contributed by atoms with E-state index >= 15 is 0 Å². The molecule has 2 aliphatic heterocycles. The summed E-state index contributed by atoms with van der Waals surface area (Å²) in [6.45, 7) is 7.90. The third kappa shape index (κ3) is 7.35. The van der Waals surface area contributed by atoms with Crippen LogP contribution in [0.1, 0.15) is 29.5 Å². The summed E-state index contributed by atoms with van der Waals surface area (Å²) >= 11 is 6.93. The molecule has 3 aromatic rings. The number of morpholine rings is 1. The maximum Gasteiger partial charge on any atom is 0.323 e. The minimum atomic E-state index is -0.848. The molecule has 1 aromatic heterocycles. The fourth-order valence-electron chi connectivity index (χ4n) is 5.67. The smallest absolute Gasteiger partial charge is 0.323 e. The first-order valence-electron chi connectivity index (χ1n) is 14.8. The molecule has 2 fully saturated rings. The average molecular weight is 627 g/mol. The number of hydrogen-bond donors (Lipinski definition) is 1. The molecule has 1 atom stereocenters. The number of carbonyl (C=O) groups is 1. The van der Waals surface area contributed by atoms with Gasteiger partial charge in [-0.3, -0.25) is 14.6 Å². The van der Waals surface area contributed by atoms with Crippen molar-refractivity contribution >= 4 is 17.6 Å². The molecular weight excluding hydrogens is 588 g/mol. The molecule has 11 nitrogen and oxygen atoms in total. The normalized spacial score (nSPS) is 17.4. The molecule has 2 aliphatic rings. The molecule has 3 heterocycles. The Balaban J connectivity index is 1.29. The minimum Gasteiger partial charge on any atom is -0.492 e. The summed E-state index contributed by atoms with van der Waals surface area (Å²) in [6, 6.07) is 11.3. The molecule has 0 unspecified atom stereocenters. The van der Waals surface area contributed by atoms with Crippen molar-refractivity contribution in [1.82, 2.24) is 19.8 Å². The summed E-state index contributed by atoms with van der Waals surface area (Å²) in [5.41, 5.74) is 4.18. The zero-order valence-electron chi connectivity index (χ0n) is 25.4. The van der Waals surface area contributed by atoms with Gasteiger partial charge in [-0.05, 0) is 43.5 Å². The molecule has 12 heteroatoms. The summed E-state index contributed by atoms with van der Waals surface area (Å²) in [5.74, 6) is 0.510. The molecule has 236 valence electrons. The van der Waals surface area contributed by atoms with Gasteiger partial charge in [-0.15, -0.1) is 0 Å². The standard InChI is InChI=1S/C32H39ClN4O7/c1-21-23(8-5-11-27(21)43-18-15-36-13-16-42-17-14-36)24-9-4-7-22(28(24)33)20-44-32-34-29(40-2)25(30(35-32)41-3)19-37-12-6-10-26(37)31(38)39/h4-5,7-9,11,26H,6,10,12-20H2,1-3H3,(H,38,39)/t26-/m0/s1. The maximum absolute atomic E-state index is 11.7. The largest absolute Gasteiger partial charge is 0.492 e. The fraction of sp³-hybridized carbons (Fsp3) is 0.469. The van der Waals surface area contributed by atoms with Gasteiger partial charge in [-0.2, -0.15) is 9.97 Å². The highest BCUT2D eigenvalue weighted by Crippen LogP contribution is 2.37. The van der Waals surface area contributed by atoms with Crippen molar-refractivity contribution in [3.8, 4) is 34.6 Å². The van der Waals surface area contributed by atoms with Gasteiger partial charge in [0.2, 0.25) is 11.8 Å². The Morgan fingerprint density at radius 1 is 1.02 bits per heavy atom. The first-order valence-corrected chi connectivity index (χ1v) is 15.2. The van der Waals surface area contributed by atoms with E-state index in [1.54, 1.807) is 0 Å². The molecule has 0 bridgehead atoms. The van der Waals surface area contributed by atoms with E-state index in [-0.39, 0.29) is 30.9 Å². The number of aromatic nitrogens is 2. The van der Waals surface area contributed by atoms with Gasteiger partial charge in [0.1, 0.15) is 25.0 Å². The summed E-state index contributed by atoms with van der Waals surface area (Å²) in [6.07, 6.45) is 1.39. The number of likely N-dealkylation sites (tertiary alicyclic amines) is 1. The van der Waals surface area contributed by atoms with Gasteiger partial charge in [-0.25, -0.2) is 0 Å². The van der Waals surface area contributed by atoms with Gasteiger partial charge in [0.05, 0.1) is 38.0 Å². The lowest BCUT2D eigenvalue weighted by atomic mass is 9.98. The lowest BCUT2D eigenvalue weighted by Gasteiger charge is -2.26. The lowest BCUT2D eigenvalue weighted by molar-refractivity contribution is -0.142. The first kappa shape index (κ1) is 31.8. The predicted octanol–water partition coefficient (Wildman–Crippen LogP) is 4.46. The Kier molecular flexibility index (Phi) is 10.8. The van der Waals surface area contributed by atoms with E-state index in [9.17, 15) is 9.90 Å².